The molecule has 1 heterocycles. The van der Waals surface area contributed by atoms with Gasteiger partial charge in [-0.05, 0) is 35.4 Å². The van der Waals surface area contributed by atoms with Crippen LogP contribution in [0.15, 0.2) is 65.6 Å². The Balaban J connectivity index is 1.72. The van der Waals surface area contributed by atoms with Crippen molar-refractivity contribution < 1.29 is 22.3 Å². The van der Waals surface area contributed by atoms with Crippen molar-refractivity contribution in [2.24, 2.45) is 0 Å². The number of benzene rings is 3. The van der Waals surface area contributed by atoms with Crippen LogP contribution in [0.5, 0.6) is 5.75 Å². The summed E-state index contributed by atoms with van der Waals surface area (Å²) in [6.07, 6.45) is -0.323. The molecule has 1 saturated heterocycles. The van der Waals surface area contributed by atoms with E-state index in [-0.39, 0.29) is 32.5 Å². The number of rotatable bonds is 6. The van der Waals surface area contributed by atoms with Gasteiger partial charge in [-0.3, -0.25) is 4.72 Å². The first-order chi connectivity index (χ1) is 14.3. The molecule has 0 atom stereocenters. The molecular formula is C21H16Cl2FNO4S. The number of anilines is 1. The maximum Gasteiger partial charge on any atom is 0.265 e. The van der Waals surface area contributed by atoms with E-state index in [1.165, 1.54) is 24.3 Å². The van der Waals surface area contributed by atoms with Crippen molar-refractivity contribution in [3.8, 4) is 16.9 Å². The molecule has 1 N–H and O–H groups in total. The van der Waals surface area contributed by atoms with E-state index in [2.05, 4.69) is 4.72 Å². The molecule has 30 heavy (non-hydrogen) atoms. The molecular weight excluding hydrogens is 452 g/mol. The molecule has 3 aromatic rings. The van der Waals surface area contributed by atoms with E-state index in [1.54, 1.807) is 6.07 Å². The molecule has 0 bridgehead atoms. The molecule has 0 radical (unpaired) electrons. The molecule has 4 rings (SSSR count). The van der Waals surface area contributed by atoms with Crippen LogP contribution in [0.2, 0.25) is 10.0 Å². The molecule has 1 aliphatic rings. The number of nitrogens with one attached hydrogen (secondary N) is 1. The highest BCUT2D eigenvalue weighted by Crippen LogP contribution is 2.38. The first-order valence-electron chi connectivity index (χ1n) is 8.95. The Bertz CT molecular complexity index is 1190. The van der Waals surface area contributed by atoms with Crippen molar-refractivity contribution >= 4 is 38.9 Å². The number of halogens is 3. The largest absolute Gasteiger partial charge is 0.483 e. The second-order valence-corrected chi connectivity index (χ2v) is 9.15. The highest BCUT2D eigenvalue weighted by Gasteiger charge is 2.29. The van der Waals surface area contributed by atoms with Crippen molar-refractivity contribution in [1.29, 1.82) is 0 Å². The first-order valence-corrected chi connectivity index (χ1v) is 11.2. The summed E-state index contributed by atoms with van der Waals surface area (Å²) in [6.45, 7) is 0.638. The van der Waals surface area contributed by atoms with Gasteiger partial charge in [-0.2, -0.15) is 0 Å². The highest BCUT2D eigenvalue weighted by molar-refractivity contribution is 7.92. The van der Waals surface area contributed by atoms with Crippen molar-refractivity contribution in [2.75, 3.05) is 17.9 Å². The number of hydrogen-bond acceptors (Lipinski definition) is 4. The molecule has 156 valence electrons. The fourth-order valence-electron chi connectivity index (χ4n) is 2.91. The Hall–Kier alpha value is -2.32. The van der Waals surface area contributed by atoms with E-state index in [0.29, 0.717) is 18.8 Å². The van der Waals surface area contributed by atoms with Crippen LogP contribution in [0.3, 0.4) is 0 Å². The average molecular weight is 468 g/mol. The van der Waals surface area contributed by atoms with Gasteiger partial charge in [0.25, 0.3) is 10.0 Å². The molecule has 3 aromatic carbocycles. The van der Waals surface area contributed by atoms with E-state index < -0.39 is 15.8 Å². The zero-order valence-electron chi connectivity index (χ0n) is 15.4. The minimum absolute atomic E-state index is 0.0354. The maximum atomic E-state index is 14.4. The zero-order chi connectivity index (χ0) is 21.3. The second kappa shape index (κ2) is 8.43. The van der Waals surface area contributed by atoms with Crippen LogP contribution in [0, 0.1) is 5.82 Å². The summed E-state index contributed by atoms with van der Waals surface area (Å²) in [5, 5.41) is 0.143. The van der Waals surface area contributed by atoms with E-state index in [4.69, 9.17) is 32.7 Å². The molecule has 9 heteroatoms. The molecule has 1 fully saturated rings. The fraction of sp³-hybridized carbons (Fsp3) is 0.143. The maximum absolute atomic E-state index is 14.4. The Kier molecular flexibility index (Phi) is 5.88. The van der Waals surface area contributed by atoms with Crippen molar-refractivity contribution in [3.63, 3.8) is 0 Å². The number of sulfonamides is 1. The van der Waals surface area contributed by atoms with E-state index in [0.717, 1.165) is 5.56 Å². The van der Waals surface area contributed by atoms with Crippen LogP contribution in [-0.4, -0.2) is 27.7 Å². The first kappa shape index (κ1) is 20.9. The van der Waals surface area contributed by atoms with E-state index in [1.807, 2.05) is 30.3 Å². The van der Waals surface area contributed by atoms with Crippen LogP contribution in [0.25, 0.3) is 11.1 Å². The van der Waals surface area contributed by atoms with E-state index >= 15 is 0 Å². The minimum atomic E-state index is -4.26. The Labute approximate surface area is 183 Å². The van der Waals surface area contributed by atoms with Crippen LogP contribution in [-0.2, 0) is 14.8 Å². The lowest BCUT2D eigenvalue weighted by molar-refractivity contribution is -0.0806. The average Bonchev–Trinajstić information content (AvgIpc) is 2.67. The number of hydrogen-bond donors (Lipinski definition) is 1. The van der Waals surface area contributed by atoms with Gasteiger partial charge in [-0.25, -0.2) is 12.8 Å². The lowest BCUT2D eigenvalue weighted by atomic mass is 10.1. The van der Waals surface area contributed by atoms with Gasteiger partial charge in [-0.15, -0.1) is 0 Å². The molecule has 0 spiro atoms. The molecule has 0 aromatic heterocycles. The minimum Gasteiger partial charge on any atom is -0.483 e. The van der Waals surface area contributed by atoms with Crippen molar-refractivity contribution in [1.82, 2.24) is 0 Å². The molecule has 5 nitrogen and oxygen atoms in total. The highest BCUT2D eigenvalue weighted by atomic mass is 35.5. The Morgan fingerprint density at radius 3 is 2.40 bits per heavy atom. The standard InChI is InChI=1S/C21H16Cl2FNO4S/c22-15-9-17(23)21(29-16-11-28-12-16)20(10-15)30(26,27)25-19-8-14(6-7-18(19)24)13-4-2-1-3-5-13/h1-10,16,25H,11-12H2. The fourth-order valence-corrected chi connectivity index (χ4v) is 4.81. The monoisotopic (exact) mass is 467 g/mol. The van der Waals surface area contributed by atoms with Gasteiger partial charge in [0.2, 0.25) is 0 Å². The summed E-state index contributed by atoms with van der Waals surface area (Å²) < 4.78 is 53.7. The van der Waals surface area contributed by atoms with Gasteiger partial charge in [0.15, 0.2) is 5.75 Å². The van der Waals surface area contributed by atoms with Gasteiger partial charge in [-0.1, -0.05) is 59.6 Å². The Morgan fingerprint density at radius 1 is 1.00 bits per heavy atom. The third-order valence-electron chi connectivity index (χ3n) is 4.47. The van der Waals surface area contributed by atoms with Gasteiger partial charge in [0.1, 0.15) is 16.8 Å². The van der Waals surface area contributed by atoms with Gasteiger partial charge < -0.3 is 9.47 Å². The molecule has 1 aliphatic heterocycles. The summed E-state index contributed by atoms with van der Waals surface area (Å²) in [5.74, 6) is -0.775. The summed E-state index contributed by atoms with van der Waals surface area (Å²) in [6, 6.07) is 16.0. The predicted molar refractivity (Wildman–Crippen MR) is 114 cm³/mol. The number of ether oxygens (including phenoxy) is 2. The molecule has 0 aliphatic carbocycles. The summed E-state index contributed by atoms with van der Waals surface area (Å²) in [7, 11) is -4.26. The normalized spacial score (nSPS) is 14.2. The van der Waals surface area contributed by atoms with Gasteiger partial charge in [0.05, 0.1) is 23.9 Å². The van der Waals surface area contributed by atoms with Crippen molar-refractivity contribution in [2.45, 2.75) is 11.0 Å². The smallest absolute Gasteiger partial charge is 0.265 e. The summed E-state index contributed by atoms with van der Waals surface area (Å²) in [5.41, 5.74) is 1.27. The van der Waals surface area contributed by atoms with E-state index in [9.17, 15) is 12.8 Å². The zero-order valence-corrected chi connectivity index (χ0v) is 17.8. The van der Waals surface area contributed by atoms with Crippen LogP contribution in [0.1, 0.15) is 0 Å². The third-order valence-corrected chi connectivity index (χ3v) is 6.34. The SMILES string of the molecule is O=S(=O)(Nc1cc(-c2ccccc2)ccc1F)c1cc(Cl)cc(Cl)c1OC1COC1. The Morgan fingerprint density at radius 2 is 1.73 bits per heavy atom. The summed E-state index contributed by atoms with van der Waals surface area (Å²) in [4.78, 5) is -0.281. The van der Waals surface area contributed by atoms with Crippen LogP contribution in [0.4, 0.5) is 10.1 Å². The van der Waals surface area contributed by atoms with Crippen LogP contribution < -0.4 is 9.46 Å². The van der Waals surface area contributed by atoms with Crippen LogP contribution >= 0.6 is 23.2 Å². The van der Waals surface area contributed by atoms with Crippen molar-refractivity contribution in [3.05, 3.63) is 76.5 Å². The second-order valence-electron chi connectivity index (χ2n) is 6.66. The third kappa shape index (κ3) is 4.39. The molecule has 0 amide bonds. The topological polar surface area (TPSA) is 64.6 Å². The van der Waals surface area contributed by atoms with Gasteiger partial charge in [0, 0.05) is 5.02 Å². The quantitative estimate of drug-likeness (QED) is 0.528. The predicted octanol–water partition coefficient (Wildman–Crippen LogP) is 5.38. The lowest BCUT2D eigenvalue weighted by Gasteiger charge is -2.28. The lowest BCUT2D eigenvalue weighted by Crippen LogP contribution is -2.39. The molecule has 0 saturated carbocycles. The molecule has 0 unspecified atom stereocenters. The summed E-state index contributed by atoms with van der Waals surface area (Å²) >= 11 is 12.2. The van der Waals surface area contributed by atoms with Gasteiger partial charge >= 0.3 is 0 Å².